The van der Waals surface area contributed by atoms with E-state index < -0.39 is 0 Å². The van der Waals surface area contributed by atoms with Gasteiger partial charge in [-0.25, -0.2) is 0 Å². The molecule has 0 spiro atoms. The van der Waals surface area contributed by atoms with Gasteiger partial charge in [0.2, 0.25) is 0 Å². The fraction of sp³-hybridized carbons (Fsp3) is 0. The minimum Gasteiger partial charge on any atom is -0.307 e. The first-order chi connectivity index (χ1) is 19.4. The molecule has 0 aliphatic heterocycles. The van der Waals surface area contributed by atoms with E-state index in [0.29, 0.717) is 0 Å². The van der Waals surface area contributed by atoms with Gasteiger partial charge in [0.05, 0.1) is 22.1 Å². The molecule has 0 fully saturated rings. The van der Waals surface area contributed by atoms with Crippen molar-refractivity contribution in [3.8, 4) is 11.4 Å². The smallest absolute Gasteiger partial charge is 0.0803 e. The summed E-state index contributed by atoms with van der Waals surface area (Å²) < 4.78 is 7.58. The van der Waals surface area contributed by atoms with Crippen molar-refractivity contribution >= 4 is 75.1 Å². The number of hydrogen-bond donors (Lipinski definition) is 0. The fourth-order valence-corrected chi connectivity index (χ4v) is 7.76. The largest absolute Gasteiger partial charge is 0.307 e. The van der Waals surface area contributed by atoms with Crippen molar-refractivity contribution < 1.29 is 0 Å². The number of fused-ring (bicyclic) bond motifs is 12. The third-order valence-corrected chi connectivity index (χ3v) is 9.17. The maximum Gasteiger partial charge on any atom is 0.0803 e. The van der Waals surface area contributed by atoms with Crippen LogP contribution in [0.4, 0.5) is 0 Å². The second kappa shape index (κ2) is 7.79. The van der Waals surface area contributed by atoms with Gasteiger partial charge in [-0.2, -0.15) is 0 Å². The van der Waals surface area contributed by atoms with Crippen LogP contribution in [0.2, 0.25) is 0 Å². The average molecular weight is 516 g/mol. The quantitative estimate of drug-likeness (QED) is 0.225. The molecule has 9 rings (SSSR count). The summed E-state index contributed by atoms with van der Waals surface area (Å²) in [7, 11) is 0. The van der Waals surface area contributed by atoms with Crippen LogP contribution in [0.15, 0.2) is 128 Å². The van der Waals surface area contributed by atoms with Gasteiger partial charge in [0, 0.05) is 65.5 Å². The molecule has 0 atom stereocenters. The van der Waals surface area contributed by atoms with Crippen molar-refractivity contribution in [1.82, 2.24) is 14.1 Å². The maximum atomic E-state index is 4.34. The molecule has 0 N–H and O–H groups in total. The first kappa shape index (κ1) is 21.1. The molecule has 9 aromatic rings. The summed E-state index contributed by atoms with van der Waals surface area (Å²) in [4.78, 5) is 4.34. The summed E-state index contributed by atoms with van der Waals surface area (Å²) in [6, 6.07) is 41.6. The molecule has 0 amide bonds. The minimum absolute atomic E-state index is 1.11. The first-order valence-corrected chi connectivity index (χ1v) is 14.0. The van der Waals surface area contributed by atoms with Gasteiger partial charge in [0.1, 0.15) is 0 Å². The lowest BCUT2D eigenvalue weighted by molar-refractivity contribution is 1.14. The van der Waals surface area contributed by atoms with Gasteiger partial charge >= 0.3 is 0 Å². The first-order valence-electron chi connectivity index (χ1n) is 13.2. The summed E-state index contributed by atoms with van der Waals surface area (Å²) in [6.07, 6.45) is 3.77. The number of hydrogen-bond acceptors (Lipinski definition) is 2. The van der Waals surface area contributed by atoms with Gasteiger partial charge < -0.3 is 9.13 Å². The van der Waals surface area contributed by atoms with Crippen LogP contribution in [0.3, 0.4) is 0 Å². The van der Waals surface area contributed by atoms with Crippen LogP contribution in [0.1, 0.15) is 0 Å². The second-order valence-electron chi connectivity index (χ2n) is 10.00. The Labute approximate surface area is 227 Å². The van der Waals surface area contributed by atoms with E-state index in [4.69, 9.17) is 0 Å². The molecule has 39 heavy (non-hydrogen) atoms. The predicted octanol–water partition coefficient (Wildman–Crippen LogP) is 9.64. The number of para-hydroxylation sites is 3. The summed E-state index contributed by atoms with van der Waals surface area (Å²) in [5, 5.41) is 7.83. The van der Waals surface area contributed by atoms with E-state index >= 15 is 0 Å². The highest BCUT2D eigenvalue weighted by molar-refractivity contribution is 7.27. The van der Waals surface area contributed by atoms with Gasteiger partial charge in [0.15, 0.2) is 0 Å². The van der Waals surface area contributed by atoms with Gasteiger partial charge in [-0.05, 0) is 42.5 Å². The van der Waals surface area contributed by atoms with Gasteiger partial charge in [0.25, 0.3) is 0 Å². The Balaban J connectivity index is 1.71. The second-order valence-corrected chi connectivity index (χ2v) is 11.0. The molecule has 0 saturated heterocycles. The molecule has 4 aromatic heterocycles. The third-order valence-electron chi connectivity index (χ3n) is 7.98. The van der Waals surface area contributed by atoms with Crippen LogP contribution in [-0.4, -0.2) is 14.1 Å². The Bertz CT molecular complexity index is 2370. The number of rotatable bonds is 2. The number of benzene rings is 5. The number of thiophene rings is 1. The average Bonchev–Trinajstić information content (AvgIpc) is 3.66. The molecular weight excluding hydrogens is 494 g/mol. The summed E-state index contributed by atoms with van der Waals surface area (Å²) in [6.45, 7) is 0. The molecule has 0 aliphatic carbocycles. The molecule has 0 saturated carbocycles. The summed E-state index contributed by atoms with van der Waals surface area (Å²) in [5.41, 5.74) is 7.17. The number of pyridine rings is 1. The Morgan fingerprint density at radius 2 is 1.00 bits per heavy atom. The van der Waals surface area contributed by atoms with Crippen LogP contribution >= 0.6 is 11.3 Å². The lowest BCUT2D eigenvalue weighted by Crippen LogP contribution is -1.98. The lowest BCUT2D eigenvalue weighted by Gasteiger charge is -2.13. The van der Waals surface area contributed by atoms with E-state index in [2.05, 4.69) is 129 Å². The molecule has 4 heterocycles. The van der Waals surface area contributed by atoms with Crippen LogP contribution in [-0.2, 0) is 0 Å². The van der Waals surface area contributed by atoms with E-state index in [-0.39, 0.29) is 0 Å². The van der Waals surface area contributed by atoms with Crippen molar-refractivity contribution in [1.29, 1.82) is 0 Å². The Kier molecular flexibility index (Phi) is 4.21. The predicted molar refractivity (Wildman–Crippen MR) is 166 cm³/mol. The molecule has 0 bridgehead atoms. The highest BCUT2D eigenvalue weighted by atomic mass is 32.1. The monoisotopic (exact) mass is 515 g/mol. The fourth-order valence-electron chi connectivity index (χ4n) is 6.49. The van der Waals surface area contributed by atoms with Crippen LogP contribution in [0.5, 0.6) is 0 Å². The standard InChI is InChI=1S/C35H21N3S/c1-2-10-22(11-3-1)37-28-16-8-5-13-25(28)32-34(37)33-30(31-26-14-6-9-17-29(26)39-35(31)32)24-12-4-7-15-27(24)38(33)23-18-20-36-21-19-23/h1-21H. The van der Waals surface area contributed by atoms with Crippen molar-refractivity contribution in [2.45, 2.75) is 0 Å². The molecular formula is C35H21N3S. The van der Waals surface area contributed by atoms with Crippen LogP contribution in [0.25, 0.3) is 75.2 Å². The summed E-state index contributed by atoms with van der Waals surface area (Å²) in [5.74, 6) is 0. The normalized spacial score (nSPS) is 12.1. The highest BCUT2D eigenvalue weighted by Crippen LogP contribution is 2.50. The highest BCUT2D eigenvalue weighted by Gasteiger charge is 2.26. The molecule has 182 valence electrons. The van der Waals surface area contributed by atoms with Crippen molar-refractivity contribution in [2.24, 2.45) is 0 Å². The molecule has 0 radical (unpaired) electrons. The third kappa shape index (κ3) is 2.73. The maximum absolute atomic E-state index is 4.34. The zero-order valence-electron chi connectivity index (χ0n) is 20.9. The molecule has 3 nitrogen and oxygen atoms in total. The van der Waals surface area contributed by atoms with E-state index in [1.807, 2.05) is 23.7 Å². The molecule has 5 aromatic carbocycles. The Morgan fingerprint density at radius 1 is 0.462 bits per heavy atom. The Hall–Kier alpha value is -4.93. The molecule has 4 heteroatoms. The molecule has 0 unspecified atom stereocenters. The topological polar surface area (TPSA) is 22.8 Å². The van der Waals surface area contributed by atoms with E-state index in [9.17, 15) is 0 Å². The minimum atomic E-state index is 1.11. The van der Waals surface area contributed by atoms with Crippen molar-refractivity contribution in [3.63, 3.8) is 0 Å². The van der Waals surface area contributed by atoms with E-state index in [0.717, 1.165) is 11.4 Å². The zero-order chi connectivity index (χ0) is 25.5. The van der Waals surface area contributed by atoms with Crippen molar-refractivity contribution in [2.75, 3.05) is 0 Å². The zero-order valence-corrected chi connectivity index (χ0v) is 21.7. The molecule has 0 aliphatic rings. The van der Waals surface area contributed by atoms with Gasteiger partial charge in [-0.3, -0.25) is 4.98 Å². The van der Waals surface area contributed by atoms with Gasteiger partial charge in [-0.15, -0.1) is 11.3 Å². The van der Waals surface area contributed by atoms with Crippen LogP contribution in [0, 0.1) is 0 Å². The SMILES string of the molecule is c1ccc(-n2c3ccccc3c3c4sc5ccccc5c4c4c5ccccc5n(-c5ccncc5)c4c32)cc1. The number of nitrogens with zero attached hydrogens (tertiary/aromatic N) is 3. The van der Waals surface area contributed by atoms with E-state index in [1.165, 1.54) is 63.8 Å². The van der Waals surface area contributed by atoms with Crippen LogP contribution < -0.4 is 0 Å². The lowest BCUT2D eigenvalue weighted by atomic mass is 10.0. The van der Waals surface area contributed by atoms with Gasteiger partial charge in [-0.1, -0.05) is 72.8 Å². The van der Waals surface area contributed by atoms with Crippen molar-refractivity contribution in [3.05, 3.63) is 128 Å². The summed E-state index contributed by atoms with van der Waals surface area (Å²) >= 11 is 1.91. The number of aromatic nitrogens is 3. The Morgan fingerprint density at radius 3 is 1.72 bits per heavy atom. The van der Waals surface area contributed by atoms with E-state index in [1.54, 1.807) is 0 Å².